The van der Waals surface area contributed by atoms with Crippen molar-refractivity contribution < 1.29 is 9.59 Å². The minimum Gasteiger partial charge on any atom is -0.324 e. The number of rotatable bonds is 1. The number of ketones is 1. The summed E-state index contributed by atoms with van der Waals surface area (Å²) in [5, 5.41) is 0. The average Bonchev–Trinajstić information content (AvgIpc) is 2.52. The zero-order chi connectivity index (χ0) is 11.8. The number of aromatic nitrogens is 1. The molecule has 1 aliphatic rings. The lowest BCUT2D eigenvalue weighted by Crippen LogP contribution is -2.43. The molecule has 84 valence electrons. The van der Waals surface area contributed by atoms with Crippen LogP contribution in [0.4, 0.5) is 0 Å². The van der Waals surface area contributed by atoms with Gasteiger partial charge in [-0.15, -0.1) is 0 Å². The second kappa shape index (κ2) is 3.70. The van der Waals surface area contributed by atoms with Crippen molar-refractivity contribution in [1.82, 2.24) is 9.88 Å². The molecule has 0 aromatic carbocycles. The molecule has 0 N–H and O–H groups in total. The van der Waals surface area contributed by atoms with Crippen LogP contribution in [-0.2, 0) is 4.79 Å². The topological polar surface area (TPSA) is 50.3 Å². The number of hydrogen-bond acceptors (Lipinski definition) is 3. The van der Waals surface area contributed by atoms with Crippen molar-refractivity contribution >= 4 is 11.7 Å². The Morgan fingerprint density at radius 2 is 2.19 bits per heavy atom. The molecule has 2 rings (SSSR count). The predicted molar refractivity (Wildman–Crippen MR) is 59.0 cm³/mol. The van der Waals surface area contributed by atoms with Gasteiger partial charge in [0.05, 0.1) is 6.54 Å². The molecule has 0 unspecified atom stereocenters. The SMILES string of the molecule is CC1(C)CC(=O)CN1C(=O)c1ccccn1. The Bertz CT molecular complexity index is 426. The van der Waals surface area contributed by atoms with E-state index in [9.17, 15) is 9.59 Å². The Morgan fingerprint density at radius 1 is 1.44 bits per heavy atom. The largest absolute Gasteiger partial charge is 0.324 e. The van der Waals surface area contributed by atoms with Crippen LogP contribution in [0.15, 0.2) is 24.4 Å². The summed E-state index contributed by atoms with van der Waals surface area (Å²) in [6.45, 7) is 4.00. The fourth-order valence-electron chi connectivity index (χ4n) is 2.00. The van der Waals surface area contributed by atoms with Crippen LogP contribution in [0.5, 0.6) is 0 Å². The van der Waals surface area contributed by atoms with Crippen LogP contribution >= 0.6 is 0 Å². The molecule has 1 fully saturated rings. The van der Waals surface area contributed by atoms with Gasteiger partial charge in [0, 0.05) is 18.2 Å². The Hall–Kier alpha value is -1.71. The van der Waals surface area contributed by atoms with Crippen LogP contribution in [0.1, 0.15) is 30.8 Å². The van der Waals surface area contributed by atoms with Gasteiger partial charge in [0.15, 0.2) is 5.78 Å². The van der Waals surface area contributed by atoms with Crippen LogP contribution in [-0.4, -0.2) is 33.7 Å². The Kier molecular flexibility index (Phi) is 2.50. The van der Waals surface area contributed by atoms with E-state index in [0.29, 0.717) is 12.1 Å². The fraction of sp³-hybridized carbons (Fsp3) is 0.417. The summed E-state index contributed by atoms with van der Waals surface area (Å²) in [6.07, 6.45) is 2.00. The van der Waals surface area contributed by atoms with Gasteiger partial charge < -0.3 is 4.90 Å². The highest BCUT2D eigenvalue weighted by Crippen LogP contribution is 2.27. The van der Waals surface area contributed by atoms with E-state index in [1.54, 1.807) is 29.3 Å². The third kappa shape index (κ3) is 1.83. The molecule has 2 heterocycles. The molecule has 1 aromatic rings. The molecule has 1 aromatic heterocycles. The smallest absolute Gasteiger partial charge is 0.273 e. The van der Waals surface area contributed by atoms with Crippen molar-refractivity contribution in [3.8, 4) is 0 Å². The summed E-state index contributed by atoms with van der Waals surface area (Å²) in [5.41, 5.74) is -0.00336. The Labute approximate surface area is 94.3 Å². The molecule has 4 nitrogen and oxygen atoms in total. The third-order valence-corrected chi connectivity index (χ3v) is 2.82. The minimum atomic E-state index is -0.397. The zero-order valence-corrected chi connectivity index (χ0v) is 9.43. The summed E-state index contributed by atoms with van der Waals surface area (Å²) in [7, 11) is 0. The van der Waals surface area contributed by atoms with Crippen LogP contribution in [0.2, 0.25) is 0 Å². The highest BCUT2D eigenvalue weighted by atomic mass is 16.2. The van der Waals surface area contributed by atoms with Gasteiger partial charge in [-0.05, 0) is 26.0 Å². The molecule has 0 saturated carbocycles. The lowest BCUT2D eigenvalue weighted by Gasteiger charge is -2.30. The molecule has 0 bridgehead atoms. The highest BCUT2D eigenvalue weighted by Gasteiger charge is 2.40. The Morgan fingerprint density at radius 3 is 2.69 bits per heavy atom. The number of pyridine rings is 1. The number of carbonyl (C=O) groups excluding carboxylic acids is 2. The number of hydrogen-bond donors (Lipinski definition) is 0. The van der Waals surface area contributed by atoms with E-state index in [1.807, 2.05) is 13.8 Å². The number of Topliss-reactive ketones (excluding diaryl/α,β-unsaturated/α-hetero) is 1. The molecule has 0 radical (unpaired) electrons. The first-order valence-electron chi connectivity index (χ1n) is 5.25. The van der Waals surface area contributed by atoms with Gasteiger partial charge in [0.2, 0.25) is 0 Å². The molecule has 0 spiro atoms. The number of carbonyl (C=O) groups is 2. The standard InChI is InChI=1S/C12H14N2O2/c1-12(2)7-9(15)8-14(12)11(16)10-5-3-4-6-13-10/h3-6H,7-8H2,1-2H3. The maximum Gasteiger partial charge on any atom is 0.273 e. The van der Waals surface area contributed by atoms with Gasteiger partial charge >= 0.3 is 0 Å². The van der Waals surface area contributed by atoms with E-state index < -0.39 is 5.54 Å². The lowest BCUT2D eigenvalue weighted by atomic mass is 10.0. The zero-order valence-electron chi connectivity index (χ0n) is 9.43. The van der Waals surface area contributed by atoms with Crippen LogP contribution < -0.4 is 0 Å². The number of likely N-dealkylation sites (tertiary alicyclic amines) is 1. The van der Waals surface area contributed by atoms with E-state index >= 15 is 0 Å². The van der Waals surface area contributed by atoms with Gasteiger partial charge in [-0.1, -0.05) is 6.07 Å². The second-order valence-electron chi connectivity index (χ2n) is 4.63. The van der Waals surface area contributed by atoms with Gasteiger partial charge in [-0.3, -0.25) is 14.6 Å². The highest BCUT2D eigenvalue weighted by molar-refractivity contribution is 5.98. The van der Waals surface area contributed by atoms with Gasteiger partial charge in [0.25, 0.3) is 5.91 Å². The minimum absolute atomic E-state index is 0.106. The molecule has 1 aliphatic heterocycles. The first kappa shape index (κ1) is 10.8. The summed E-state index contributed by atoms with van der Waals surface area (Å²) >= 11 is 0. The first-order valence-corrected chi connectivity index (χ1v) is 5.25. The van der Waals surface area contributed by atoms with E-state index in [4.69, 9.17) is 0 Å². The molecular formula is C12H14N2O2. The number of nitrogens with zero attached hydrogens (tertiary/aromatic N) is 2. The second-order valence-corrected chi connectivity index (χ2v) is 4.63. The van der Waals surface area contributed by atoms with E-state index in [2.05, 4.69) is 4.98 Å². The van der Waals surface area contributed by atoms with Crippen molar-refractivity contribution in [2.24, 2.45) is 0 Å². The molecule has 4 heteroatoms. The molecule has 0 atom stereocenters. The molecule has 1 amide bonds. The number of amides is 1. The van der Waals surface area contributed by atoms with Gasteiger partial charge in [-0.2, -0.15) is 0 Å². The first-order chi connectivity index (χ1) is 7.50. The normalized spacial score (nSPS) is 18.9. The quantitative estimate of drug-likeness (QED) is 0.713. The molecule has 1 saturated heterocycles. The van der Waals surface area contributed by atoms with Crippen molar-refractivity contribution in [2.75, 3.05) is 6.54 Å². The summed E-state index contributed by atoms with van der Waals surface area (Å²) in [4.78, 5) is 29.1. The van der Waals surface area contributed by atoms with Crippen LogP contribution in [0.25, 0.3) is 0 Å². The monoisotopic (exact) mass is 218 g/mol. The lowest BCUT2D eigenvalue weighted by molar-refractivity contribution is -0.116. The fourth-order valence-corrected chi connectivity index (χ4v) is 2.00. The van der Waals surface area contributed by atoms with Gasteiger partial charge in [0.1, 0.15) is 5.69 Å². The van der Waals surface area contributed by atoms with Crippen molar-refractivity contribution in [3.05, 3.63) is 30.1 Å². The molecular weight excluding hydrogens is 204 g/mol. The van der Waals surface area contributed by atoms with Crippen LogP contribution in [0, 0.1) is 0 Å². The van der Waals surface area contributed by atoms with Gasteiger partial charge in [-0.25, -0.2) is 0 Å². The van der Waals surface area contributed by atoms with E-state index in [-0.39, 0.29) is 18.2 Å². The van der Waals surface area contributed by atoms with E-state index in [1.165, 1.54) is 0 Å². The molecule has 16 heavy (non-hydrogen) atoms. The average molecular weight is 218 g/mol. The Balaban J connectivity index is 2.27. The summed E-state index contributed by atoms with van der Waals surface area (Å²) in [6, 6.07) is 5.20. The van der Waals surface area contributed by atoms with E-state index in [0.717, 1.165) is 0 Å². The third-order valence-electron chi connectivity index (χ3n) is 2.82. The predicted octanol–water partition coefficient (Wildman–Crippen LogP) is 1.28. The maximum atomic E-state index is 12.1. The maximum absolute atomic E-state index is 12.1. The summed E-state index contributed by atoms with van der Waals surface area (Å²) in [5.74, 6) is -0.0641. The van der Waals surface area contributed by atoms with Crippen molar-refractivity contribution in [3.63, 3.8) is 0 Å². The van der Waals surface area contributed by atoms with Crippen molar-refractivity contribution in [1.29, 1.82) is 0 Å². The summed E-state index contributed by atoms with van der Waals surface area (Å²) < 4.78 is 0. The van der Waals surface area contributed by atoms with Crippen LogP contribution in [0.3, 0.4) is 0 Å². The molecule has 0 aliphatic carbocycles. The van der Waals surface area contributed by atoms with Crippen molar-refractivity contribution in [2.45, 2.75) is 25.8 Å².